The monoisotopic (exact) mass is 661 g/mol. The van der Waals surface area contributed by atoms with E-state index in [-0.39, 0.29) is 22.5 Å². The number of pyridine rings is 2. The quantitative estimate of drug-likeness (QED) is 0.177. The molecule has 0 radical (unpaired) electrons. The number of fused-ring (bicyclic) bond motifs is 1. The van der Waals surface area contributed by atoms with E-state index in [0.717, 1.165) is 51.9 Å². The summed E-state index contributed by atoms with van der Waals surface area (Å²) in [5.74, 6) is 0.738. The predicted octanol–water partition coefficient (Wildman–Crippen LogP) is 6.32. The molecule has 3 aromatic heterocycles. The maximum Gasteiger partial charge on any atom is 0.280 e. The van der Waals surface area contributed by atoms with Crippen LogP contribution in [0.25, 0.3) is 33.2 Å². The SMILES string of the molecule is CNCc1ccc(-c2cccc(-c3cccc(Nc4nc(C(F)F)cc5cnn(C)c(=O)c45)c3C)c2Cl)nc1OC.O=C1CCCN1. The number of halogens is 3. The van der Waals surface area contributed by atoms with Crippen molar-refractivity contribution in [1.82, 2.24) is 30.4 Å². The van der Waals surface area contributed by atoms with Crippen LogP contribution in [0.3, 0.4) is 0 Å². The van der Waals surface area contributed by atoms with Crippen LogP contribution >= 0.6 is 11.6 Å². The molecule has 4 heterocycles. The molecule has 1 amide bonds. The Kier molecular flexibility index (Phi) is 10.4. The molecule has 244 valence electrons. The zero-order valence-corrected chi connectivity index (χ0v) is 27.1. The number of aromatic nitrogens is 4. The van der Waals surface area contributed by atoms with Crippen LogP contribution < -0.4 is 26.2 Å². The molecule has 0 bridgehead atoms. The molecule has 5 aromatic rings. The van der Waals surface area contributed by atoms with Crippen LogP contribution in [-0.2, 0) is 18.4 Å². The van der Waals surface area contributed by atoms with E-state index in [1.54, 1.807) is 13.2 Å². The number of alkyl halides is 2. The van der Waals surface area contributed by atoms with Crippen LogP contribution in [0.4, 0.5) is 20.3 Å². The highest BCUT2D eigenvalue weighted by Crippen LogP contribution is 2.40. The van der Waals surface area contributed by atoms with Gasteiger partial charge < -0.3 is 20.7 Å². The first-order chi connectivity index (χ1) is 22.6. The molecule has 1 saturated heterocycles. The Morgan fingerprint density at radius 1 is 1.06 bits per heavy atom. The van der Waals surface area contributed by atoms with E-state index in [9.17, 15) is 18.4 Å². The van der Waals surface area contributed by atoms with Gasteiger partial charge in [0.15, 0.2) is 0 Å². The van der Waals surface area contributed by atoms with Crippen LogP contribution in [0.15, 0.2) is 65.6 Å². The lowest BCUT2D eigenvalue weighted by atomic mass is 9.96. The van der Waals surface area contributed by atoms with Gasteiger partial charge in [-0.25, -0.2) is 23.4 Å². The second kappa shape index (κ2) is 14.7. The first kappa shape index (κ1) is 33.4. The zero-order chi connectivity index (χ0) is 33.7. The fourth-order valence-electron chi connectivity index (χ4n) is 5.29. The first-order valence-electron chi connectivity index (χ1n) is 14.9. The van der Waals surface area contributed by atoms with Gasteiger partial charge in [-0.15, -0.1) is 0 Å². The van der Waals surface area contributed by atoms with Crippen molar-refractivity contribution in [3.63, 3.8) is 0 Å². The van der Waals surface area contributed by atoms with Crippen molar-refractivity contribution in [3.05, 3.63) is 93.0 Å². The first-order valence-corrected chi connectivity index (χ1v) is 15.3. The van der Waals surface area contributed by atoms with Gasteiger partial charge in [0.05, 0.1) is 29.4 Å². The Morgan fingerprint density at radius 2 is 1.81 bits per heavy atom. The number of nitrogens with one attached hydrogen (secondary N) is 3. The Hall–Kier alpha value is -4.94. The Bertz CT molecular complexity index is 1990. The van der Waals surface area contributed by atoms with Crippen LogP contribution in [-0.4, -0.2) is 46.4 Å². The summed E-state index contributed by atoms with van der Waals surface area (Å²) in [4.78, 5) is 31.8. The van der Waals surface area contributed by atoms with Gasteiger partial charge in [0.2, 0.25) is 11.8 Å². The van der Waals surface area contributed by atoms with Gasteiger partial charge in [-0.05, 0) is 49.7 Å². The second-order valence-corrected chi connectivity index (χ2v) is 11.2. The summed E-state index contributed by atoms with van der Waals surface area (Å²) in [5, 5.41) is 13.8. The molecular weight excluding hydrogens is 628 g/mol. The van der Waals surface area contributed by atoms with Gasteiger partial charge in [0, 0.05) is 54.3 Å². The van der Waals surface area contributed by atoms with Gasteiger partial charge in [-0.1, -0.05) is 48.0 Å². The zero-order valence-electron chi connectivity index (χ0n) is 26.3. The number of carbonyl (C=O) groups is 1. The Balaban J connectivity index is 0.000000650. The summed E-state index contributed by atoms with van der Waals surface area (Å²) < 4.78 is 34.0. The lowest BCUT2D eigenvalue weighted by Gasteiger charge is -2.17. The fourth-order valence-corrected chi connectivity index (χ4v) is 5.62. The lowest BCUT2D eigenvalue weighted by molar-refractivity contribution is -0.119. The number of ether oxygens (including phenoxy) is 1. The minimum Gasteiger partial charge on any atom is -0.481 e. The van der Waals surface area contributed by atoms with Gasteiger partial charge >= 0.3 is 0 Å². The highest BCUT2D eigenvalue weighted by Gasteiger charge is 2.19. The van der Waals surface area contributed by atoms with E-state index in [2.05, 4.69) is 31.0 Å². The fraction of sp³-hybridized carbons (Fsp3) is 0.265. The molecule has 0 unspecified atom stereocenters. The average Bonchev–Trinajstić information content (AvgIpc) is 3.55. The minimum atomic E-state index is -2.82. The summed E-state index contributed by atoms with van der Waals surface area (Å²) in [6, 6.07) is 16.2. The number of anilines is 2. The maximum atomic E-state index is 13.7. The number of aryl methyl sites for hydroxylation is 1. The number of rotatable bonds is 8. The summed E-state index contributed by atoms with van der Waals surface area (Å²) in [7, 11) is 4.92. The average molecular weight is 662 g/mol. The molecule has 0 atom stereocenters. The van der Waals surface area contributed by atoms with Gasteiger partial charge in [-0.2, -0.15) is 5.10 Å². The van der Waals surface area contributed by atoms with Gasteiger partial charge in [-0.3, -0.25) is 9.59 Å². The highest BCUT2D eigenvalue weighted by molar-refractivity contribution is 6.36. The number of benzene rings is 2. The molecule has 3 N–H and O–H groups in total. The molecule has 1 aliphatic rings. The number of hydrogen-bond acceptors (Lipinski definition) is 8. The van der Waals surface area contributed by atoms with Crippen molar-refractivity contribution >= 4 is 39.8 Å². The van der Waals surface area contributed by atoms with Crippen LogP contribution in [0.2, 0.25) is 5.02 Å². The van der Waals surface area contributed by atoms with Crippen molar-refractivity contribution < 1.29 is 18.3 Å². The summed E-state index contributed by atoms with van der Waals surface area (Å²) >= 11 is 6.97. The van der Waals surface area contributed by atoms with Crippen molar-refractivity contribution in [2.24, 2.45) is 7.05 Å². The maximum absolute atomic E-state index is 13.7. The van der Waals surface area contributed by atoms with Crippen molar-refractivity contribution in [2.45, 2.75) is 32.7 Å². The largest absolute Gasteiger partial charge is 0.481 e. The van der Waals surface area contributed by atoms with E-state index in [1.165, 1.54) is 19.3 Å². The summed E-state index contributed by atoms with van der Waals surface area (Å²) in [6.07, 6.45) is 0.314. The molecule has 1 fully saturated rings. The molecule has 10 nitrogen and oxygen atoms in total. The second-order valence-electron chi connectivity index (χ2n) is 10.9. The van der Waals surface area contributed by atoms with E-state index < -0.39 is 17.7 Å². The van der Waals surface area contributed by atoms with Crippen LogP contribution in [0.5, 0.6) is 5.88 Å². The minimum absolute atomic E-state index is 0.0267. The van der Waals surface area contributed by atoms with E-state index >= 15 is 0 Å². The van der Waals surface area contributed by atoms with Crippen molar-refractivity contribution in [1.29, 1.82) is 0 Å². The number of hydrogen-bond donors (Lipinski definition) is 3. The third-order valence-corrected chi connectivity index (χ3v) is 8.13. The summed E-state index contributed by atoms with van der Waals surface area (Å²) in [6.45, 7) is 3.38. The lowest BCUT2D eigenvalue weighted by Crippen LogP contribution is -2.20. The Labute approximate surface area is 275 Å². The van der Waals surface area contributed by atoms with E-state index in [0.29, 0.717) is 28.8 Å². The summed E-state index contributed by atoms with van der Waals surface area (Å²) in [5.41, 5.74) is 4.32. The van der Waals surface area contributed by atoms with Crippen LogP contribution in [0, 0.1) is 6.92 Å². The van der Waals surface area contributed by atoms with Crippen molar-refractivity contribution in [3.8, 4) is 28.3 Å². The molecule has 0 saturated carbocycles. The normalized spacial score (nSPS) is 12.6. The molecule has 0 aliphatic carbocycles. The van der Waals surface area contributed by atoms with Crippen molar-refractivity contribution in [2.75, 3.05) is 26.0 Å². The molecule has 0 spiro atoms. The number of nitrogens with zero attached hydrogens (tertiary/aromatic N) is 4. The Morgan fingerprint density at radius 3 is 2.47 bits per heavy atom. The number of amides is 1. The third-order valence-electron chi connectivity index (χ3n) is 7.73. The van der Waals surface area contributed by atoms with E-state index in [4.69, 9.17) is 16.3 Å². The van der Waals surface area contributed by atoms with E-state index in [1.807, 2.05) is 56.4 Å². The molecule has 2 aromatic carbocycles. The molecule has 13 heteroatoms. The molecular formula is C34H34ClF2N7O3. The third kappa shape index (κ3) is 7.23. The topological polar surface area (TPSA) is 123 Å². The molecule has 1 aliphatic heterocycles. The standard InChI is InChI=1S/C30H27ClF2N6O2.C4H7NO/c1-16-19(20-8-5-9-21(26(20)31)23-12-11-17(14-34-2)29(38-23)41-4)7-6-10-22(16)36-28-25-18(13-24(37-28)27(32)33)15-35-39(3)30(25)40;6-4-2-1-3-5-4/h5-13,15,27,34H,14H2,1-4H3,(H,36,37);1-3H2,(H,5,6). The molecule has 6 rings (SSSR count). The van der Waals surface area contributed by atoms with Gasteiger partial charge in [0.1, 0.15) is 11.5 Å². The molecule has 47 heavy (non-hydrogen) atoms. The highest BCUT2D eigenvalue weighted by atomic mass is 35.5. The predicted molar refractivity (Wildman–Crippen MR) is 179 cm³/mol. The number of carbonyl (C=O) groups excluding carboxylic acids is 1. The smallest absolute Gasteiger partial charge is 0.280 e. The van der Waals surface area contributed by atoms with Gasteiger partial charge in [0.25, 0.3) is 12.0 Å². The number of methoxy groups -OCH3 is 1. The van der Waals surface area contributed by atoms with Crippen LogP contribution in [0.1, 0.15) is 36.1 Å².